The Hall–Kier alpha value is -2.00. The molecule has 0 radical (unpaired) electrons. The van der Waals surface area contributed by atoms with Crippen LogP contribution in [0.1, 0.15) is 36.8 Å². The highest BCUT2D eigenvalue weighted by Gasteiger charge is 2.46. The smallest absolute Gasteiger partial charge is 0.245 e. The lowest BCUT2D eigenvalue weighted by Gasteiger charge is -2.33. The number of hydrogen-bond acceptors (Lipinski definition) is 6. The van der Waals surface area contributed by atoms with E-state index in [1.165, 1.54) is 11.1 Å². The summed E-state index contributed by atoms with van der Waals surface area (Å²) in [5, 5.41) is 3.39. The van der Waals surface area contributed by atoms with Gasteiger partial charge >= 0.3 is 0 Å². The Balaban J connectivity index is 1.33. The number of ether oxygens (including phenoxy) is 1. The molecule has 8 heteroatoms. The predicted octanol–water partition coefficient (Wildman–Crippen LogP) is 1.33. The molecule has 5 rings (SSSR count). The van der Waals surface area contributed by atoms with E-state index in [1.807, 2.05) is 9.80 Å². The highest BCUT2D eigenvalue weighted by atomic mass is 16.5. The Morgan fingerprint density at radius 3 is 2.56 bits per heavy atom. The van der Waals surface area contributed by atoms with Crippen molar-refractivity contribution in [2.75, 3.05) is 72.1 Å². The second-order valence-corrected chi connectivity index (χ2v) is 11.0. The highest BCUT2D eigenvalue weighted by molar-refractivity contribution is 5.90. The molecule has 1 aromatic rings. The number of likely N-dealkylation sites (tertiary alicyclic amines) is 1. The molecule has 198 valence electrons. The first-order valence-corrected chi connectivity index (χ1v) is 14.0. The van der Waals surface area contributed by atoms with Crippen LogP contribution in [0.25, 0.3) is 0 Å². The van der Waals surface area contributed by atoms with Crippen LogP contribution in [0.2, 0.25) is 0 Å². The van der Waals surface area contributed by atoms with Crippen LogP contribution in [0.15, 0.2) is 24.3 Å². The van der Waals surface area contributed by atoms with Crippen molar-refractivity contribution in [1.82, 2.24) is 24.9 Å². The van der Waals surface area contributed by atoms with Crippen LogP contribution in [-0.4, -0.2) is 116 Å². The lowest BCUT2D eigenvalue weighted by molar-refractivity contribution is -0.144. The summed E-state index contributed by atoms with van der Waals surface area (Å²) in [6, 6.07) is 8.64. The summed E-state index contributed by atoms with van der Waals surface area (Å²) in [5.41, 5.74) is 2.55. The molecule has 1 N–H and O–H groups in total. The minimum atomic E-state index is -0.329. The third kappa shape index (κ3) is 6.46. The molecule has 4 fully saturated rings. The number of carbonyl (C=O) groups is 2. The van der Waals surface area contributed by atoms with Crippen LogP contribution >= 0.6 is 0 Å². The molecule has 3 heterocycles. The molecule has 3 aliphatic heterocycles. The van der Waals surface area contributed by atoms with Crippen LogP contribution in [-0.2, 0) is 20.9 Å². The number of carbonyl (C=O) groups excluding carboxylic acids is 2. The molecule has 0 aromatic heterocycles. The van der Waals surface area contributed by atoms with E-state index >= 15 is 0 Å². The van der Waals surface area contributed by atoms with Crippen LogP contribution in [0.4, 0.5) is 0 Å². The van der Waals surface area contributed by atoms with E-state index in [0.29, 0.717) is 6.54 Å². The normalized spacial score (nSPS) is 25.8. The fourth-order valence-electron chi connectivity index (χ4n) is 5.81. The standard InChI is InChI=1S/C28H43N5O3/c1-22-3-5-23(6-4-22)20-32(14-13-30-15-17-36-18-16-30)25-19-26(33(21-25)27(34)24-7-8-24)28(35)31-11-2-9-29-10-12-31/h3-6,24-26,29H,2,7-21H2,1H3. The van der Waals surface area contributed by atoms with Gasteiger partial charge in [-0.25, -0.2) is 0 Å². The molecule has 8 nitrogen and oxygen atoms in total. The van der Waals surface area contributed by atoms with Gasteiger partial charge in [-0.2, -0.15) is 0 Å². The van der Waals surface area contributed by atoms with E-state index in [4.69, 9.17) is 4.74 Å². The lowest BCUT2D eigenvalue weighted by Crippen LogP contribution is -2.49. The van der Waals surface area contributed by atoms with Crippen molar-refractivity contribution in [2.24, 2.45) is 5.92 Å². The van der Waals surface area contributed by atoms with Crippen molar-refractivity contribution in [3.8, 4) is 0 Å². The summed E-state index contributed by atoms with van der Waals surface area (Å²) >= 11 is 0. The van der Waals surface area contributed by atoms with Gasteiger partial charge in [0.1, 0.15) is 6.04 Å². The second-order valence-electron chi connectivity index (χ2n) is 11.0. The van der Waals surface area contributed by atoms with Gasteiger partial charge in [-0.15, -0.1) is 0 Å². The van der Waals surface area contributed by atoms with Gasteiger partial charge in [0.15, 0.2) is 0 Å². The third-order valence-corrected chi connectivity index (χ3v) is 8.26. The zero-order chi connectivity index (χ0) is 24.9. The maximum Gasteiger partial charge on any atom is 0.245 e. The van der Waals surface area contributed by atoms with Crippen LogP contribution in [0.5, 0.6) is 0 Å². The molecule has 36 heavy (non-hydrogen) atoms. The summed E-state index contributed by atoms with van der Waals surface area (Å²) in [6.45, 7) is 12.4. The zero-order valence-electron chi connectivity index (χ0n) is 21.9. The Labute approximate surface area is 215 Å². The molecule has 1 aliphatic carbocycles. The van der Waals surface area contributed by atoms with Gasteiger partial charge in [-0.1, -0.05) is 29.8 Å². The predicted molar refractivity (Wildman–Crippen MR) is 140 cm³/mol. The average molecular weight is 498 g/mol. The van der Waals surface area contributed by atoms with Gasteiger partial charge < -0.3 is 19.9 Å². The highest BCUT2D eigenvalue weighted by Crippen LogP contribution is 2.35. The SMILES string of the molecule is Cc1ccc(CN(CCN2CCOCC2)C2CC(C(=O)N3CCCNCC3)N(C(=O)C3CC3)C2)cc1. The molecule has 2 unspecified atom stereocenters. The molecule has 4 aliphatic rings. The summed E-state index contributed by atoms with van der Waals surface area (Å²) < 4.78 is 5.54. The monoisotopic (exact) mass is 497 g/mol. The van der Waals surface area contributed by atoms with Gasteiger partial charge in [-0.3, -0.25) is 19.4 Å². The first-order valence-electron chi connectivity index (χ1n) is 14.0. The van der Waals surface area contributed by atoms with Crippen LogP contribution in [0.3, 0.4) is 0 Å². The van der Waals surface area contributed by atoms with E-state index in [0.717, 1.165) is 97.8 Å². The molecule has 0 bridgehead atoms. The number of amides is 2. The quantitative estimate of drug-likeness (QED) is 0.585. The average Bonchev–Trinajstić information content (AvgIpc) is 3.71. The van der Waals surface area contributed by atoms with Gasteiger partial charge in [0, 0.05) is 70.9 Å². The van der Waals surface area contributed by atoms with E-state index in [9.17, 15) is 9.59 Å². The zero-order valence-corrected chi connectivity index (χ0v) is 21.9. The van der Waals surface area contributed by atoms with Crippen LogP contribution < -0.4 is 5.32 Å². The van der Waals surface area contributed by atoms with E-state index in [1.54, 1.807) is 0 Å². The molecular formula is C28H43N5O3. The fourth-order valence-corrected chi connectivity index (χ4v) is 5.81. The number of rotatable bonds is 8. The Bertz CT molecular complexity index is 876. The molecule has 3 saturated heterocycles. The van der Waals surface area contributed by atoms with Gasteiger partial charge in [-0.05, 0) is 44.7 Å². The number of benzene rings is 1. The molecule has 2 amide bonds. The molecule has 0 spiro atoms. The van der Waals surface area contributed by atoms with Crippen molar-refractivity contribution in [3.63, 3.8) is 0 Å². The lowest BCUT2D eigenvalue weighted by atomic mass is 10.1. The van der Waals surface area contributed by atoms with Gasteiger partial charge in [0.05, 0.1) is 13.2 Å². The Morgan fingerprint density at radius 1 is 1.03 bits per heavy atom. The minimum Gasteiger partial charge on any atom is -0.379 e. The maximum atomic E-state index is 13.7. The Morgan fingerprint density at radius 2 is 1.81 bits per heavy atom. The molecule has 1 aromatic carbocycles. The second kappa shape index (κ2) is 12.0. The summed E-state index contributed by atoms with van der Waals surface area (Å²) in [7, 11) is 0. The Kier molecular flexibility index (Phi) is 8.57. The van der Waals surface area contributed by atoms with Gasteiger partial charge in [0.25, 0.3) is 0 Å². The molecule has 1 saturated carbocycles. The van der Waals surface area contributed by atoms with Crippen molar-refractivity contribution >= 4 is 11.8 Å². The first kappa shape index (κ1) is 25.6. The van der Waals surface area contributed by atoms with E-state index in [2.05, 4.69) is 46.3 Å². The minimum absolute atomic E-state index is 0.128. The third-order valence-electron chi connectivity index (χ3n) is 8.26. The van der Waals surface area contributed by atoms with Crippen LogP contribution in [0, 0.1) is 12.8 Å². The van der Waals surface area contributed by atoms with Crippen molar-refractivity contribution < 1.29 is 14.3 Å². The van der Waals surface area contributed by atoms with E-state index < -0.39 is 0 Å². The summed E-state index contributed by atoms with van der Waals surface area (Å²) in [5.74, 6) is 0.481. The van der Waals surface area contributed by atoms with Crippen molar-refractivity contribution in [1.29, 1.82) is 0 Å². The summed E-state index contributed by atoms with van der Waals surface area (Å²) in [4.78, 5) is 36.0. The number of aryl methyl sites for hydroxylation is 1. The van der Waals surface area contributed by atoms with Crippen molar-refractivity contribution in [2.45, 2.75) is 51.2 Å². The molecule has 2 atom stereocenters. The molecular weight excluding hydrogens is 454 g/mol. The number of morpholine rings is 1. The topological polar surface area (TPSA) is 68.4 Å². The van der Waals surface area contributed by atoms with Crippen molar-refractivity contribution in [3.05, 3.63) is 35.4 Å². The number of hydrogen-bond donors (Lipinski definition) is 1. The summed E-state index contributed by atoms with van der Waals surface area (Å²) in [6.07, 6.45) is 3.64. The fraction of sp³-hybridized carbons (Fsp3) is 0.714. The van der Waals surface area contributed by atoms with E-state index in [-0.39, 0.29) is 29.8 Å². The van der Waals surface area contributed by atoms with Gasteiger partial charge in [0.2, 0.25) is 11.8 Å². The largest absolute Gasteiger partial charge is 0.379 e. The first-order chi connectivity index (χ1) is 17.6. The number of nitrogens with zero attached hydrogens (tertiary/aromatic N) is 4. The number of nitrogens with one attached hydrogen (secondary N) is 1. The maximum absolute atomic E-state index is 13.7.